The lowest BCUT2D eigenvalue weighted by molar-refractivity contribution is -0.271. The van der Waals surface area contributed by atoms with Crippen LogP contribution in [0.1, 0.15) is 16.5 Å². The van der Waals surface area contributed by atoms with Crippen molar-refractivity contribution in [2.75, 3.05) is 0 Å². The Kier molecular flexibility index (Phi) is 4.12. The first kappa shape index (κ1) is 13.4. The lowest BCUT2D eigenvalue weighted by Crippen LogP contribution is -2.61. The summed E-state index contributed by atoms with van der Waals surface area (Å²) in [5.41, 5.74) is 0.419. The van der Waals surface area contributed by atoms with Gasteiger partial charge in [0.15, 0.2) is 6.10 Å². The van der Waals surface area contributed by atoms with Gasteiger partial charge in [-0.2, -0.15) is 0 Å². The normalized spacial score (nSPS) is 33.2. The fourth-order valence-corrected chi connectivity index (χ4v) is 2.15. The van der Waals surface area contributed by atoms with Gasteiger partial charge in [-0.1, -0.05) is 12.1 Å². The molecule has 4 N–H and O–H groups in total. The van der Waals surface area contributed by atoms with E-state index in [1.54, 1.807) is 0 Å². The lowest BCUT2D eigenvalue weighted by Gasteiger charge is -2.38. The minimum absolute atomic E-state index is 0.117. The van der Waals surface area contributed by atoms with Gasteiger partial charge < -0.3 is 29.9 Å². The maximum Gasteiger partial charge on any atom is 0.335 e. The highest BCUT2D eigenvalue weighted by atomic mass is 16.7. The van der Waals surface area contributed by atoms with E-state index in [-0.39, 0.29) is 12.2 Å². The van der Waals surface area contributed by atoms with Crippen LogP contribution in [0.5, 0.6) is 5.75 Å². The fraction of sp³-hybridized carbons (Fsp3) is 0.467. The zero-order chi connectivity index (χ0) is 19.6. The van der Waals surface area contributed by atoms with Gasteiger partial charge >= 0.3 is 5.97 Å². The summed E-state index contributed by atoms with van der Waals surface area (Å²) in [5.74, 6) is -2.33. The van der Waals surface area contributed by atoms with Crippen molar-refractivity contribution in [3.8, 4) is 5.75 Å². The van der Waals surface area contributed by atoms with Crippen LogP contribution in [0.25, 0.3) is 0 Å². The van der Waals surface area contributed by atoms with Gasteiger partial charge in [-0.25, -0.2) is 4.79 Å². The Labute approximate surface area is 136 Å². The van der Waals surface area contributed by atoms with Crippen molar-refractivity contribution in [3.63, 3.8) is 0 Å². The number of ketones is 1. The number of rotatable bonds is 5. The van der Waals surface area contributed by atoms with Gasteiger partial charge in [-0.15, -0.1) is 0 Å². The van der Waals surface area contributed by atoms with Crippen LogP contribution < -0.4 is 4.74 Å². The molecule has 0 bridgehead atoms. The number of hydrogen-bond acceptors (Lipinski definition) is 7. The molecule has 126 valence electrons. The number of hydrogen-bond donors (Lipinski definition) is 4. The van der Waals surface area contributed by atoms with E-state index in [2.05, 4.69) is 0 Å². The van der Waals surface area contributed by atoms with Crippen LogP contribution in [0.4, 0.5) is 0 Å². The monoisotopic (exact) mass is 329 g/mol. The van der Waals surface area contributed by atoms with E-state index in [0.29, 0.717) is 5.56 Å². The van der Waals surface area contributed by atoms with Crippen molar-refractivity contribution in [2.24, 2.45) is 0 Å². The van der Waals surface area contributed by atoms with Crippen LogP contribution in [0, 0.1) is 0 Å². The van der Waals surface area contributed by atoms with E-state index in [4.69, 9.17) is 18.7 Å². The largest absolute Gasteiger partial charge is 0.479 e. The van der Waals surface area contributed by atoms with E-state index in [9.17, 15) is 24.9 Å². The second-order valence-corrected chi connectivity index (χ2v) is 5.10. The van der Waals surface area contributed by atoms with Gasteiger partial charge in [-0.3, -0.25) is 4.79 Å². The summed E-state index contributed by atoms with van der Waals surface area (Å²) in [4.78, 5) is 22.5. The smallest absolute Gasteiger partial charge is 0.335 e. The maximum absolute atomic E-state index is 11.5. The van der Waals surface area contributed by atoms with Crippen molar-refractivity contribution in [1.29, 1.82) is 0 Å². The zero-order valence-corrected chi connectivity index (χ0v) is 11.8. The Morgan fingerprint density at radius 2 is 1.83 bits per heavy atom. The summed E-state index contributed by atoms with van der Waals surface area (Å²) in [7, 11) is 0. The molecule has 8 nitrogen and oxygen atoms in total. The SMILES string of the molecule is [2H]C([2H])([2H])C(=O)Cc1ccc(O[C@@H]2O[C@H](C(=O)O)[C@@H](O)[C@H](O)[C@H]2O)cc1. The Morgan fingerprint density at radius 1 is 1.17 bits per heavy atom. The number of benzene rings is 1. The van der Waals surface area contributed by atoms with E-state index < -0.39 is 49.3 Å². The molecule has 1 saturated heterocycles. The van der Waals surface area contributed by atoms with Crippen molar-refractivity contribution < 1.29 is 43.6 Å². The summed E-state index contributed by atoms with van der Waals surface area (Å²) in [5, 5.41) is 38.2. The van der Waals surface area contributed by atoms with Gasteiger partial charge in [0.25, 0.3) is 0 Å². The number of carbonyl (C=O) groups is 2. The van der Waals surface area contributed by atoms with Crippen molar-refractivity contribution in [3.05, 3.63) is 29.8 Å². The van der Waals surface area contributed by atoms with Crippen LogP contribution in [0.2, 0.25) is 0 Å². The van der Waals surface area contributed by atoms with Gasteiger partial charge in [0.1, 0.15) is 29.8 Å². The van der Waals surface area contributed by atoms with Gasteiger partial charge in [0, 0.05) is 10.5 Å². The molecule has 1 aromatic rings. The van der Waals surface area contributed by atoms with E-state index >= 15 is 0 Å². The maximum atomic E-state index is 11.5. The summed E-state index contributed by atoms with van der Waals surface area (Å²) < 4.78 is 31.4. The molecule has 1 aromatic carbocycles. The highest BCUT2D eigenvalue weighted by Gasteiger charge is 2.48. The molecule has 1 aliphatic heterocycles. The number of Topliss-reactive ketones (excluding diaryl/α,β-unsaturated/α-hetero) is 1. The molecule has 0 unspecified atom stereocenters. The van der Waals surface area contributed by atoms with E-state index in [1.165, 1.54) is 24.3 Å². The fourth-order valence-electron chi connectivity index (χ4n) is 2.15. The summed E-state index contributed by atoms with van der Waals surface area (Å²) in [6, 6.07) is 5.58. The molecular formula is C15H18O8. The highest BCUT2D eigenvalue weighted by molar-refractivity contribution is 5.78. The summed E-state index contributed by atoms with van der Waals surface area (Å²) in [6.07, 6.45) is -8.94. The van der Waals surface area contributed by atoms with Crippen LogP contribution in [0.15, 0.2) is 24.3 Å². The van der Waals surface area contributed by atoms with Crippen molar-refractivity contribution in [1.82, 2.24) is 0 Å². The highest BCUT2D eigenvalue weighted by Crippen LogP contribution is 2.24. The molecule has 1 fully saturated rings. The Morgan fingerprint density at radius 3 is 2.39 bits per heavy atom. The molecule has 0 amide bonds. The average molecular weight is 329 g/mol. The molecule has 0 spiro atoms. The molecule has 23 heavy (non-hydrogen) atoms. The number of aliphatic hydroxyl groups is 3. The molecular weight excluding hydrogens is 308 g/mol. The standard InChI is InChI=1S/C15H18O8/c1-7(16)6-8-2-4-9(5-3-8)22-15-12(19)10(17)11(18)13(23-15)14(20)21/h2-5,10-13,15,17-19H,6H2,1H3,(H,20,21)/t10-,11-,12+,13-,15+/m0/s1/i1D3. The number of carboxylic acids is 1. The van der Waals surface area contributed by atoms with Crippen LogP contribution in [-0.4, -0.2) is 62.9 Å². The summed E-state index contributed by atoms with van der Waals surface area (Å²) in [6.45, 7) is -2.70. The Balaban J connectivity index is 2.06. The quantitative estimate of drug-likeness (QED) is 0.545. The molecule has 0 aromatic heterocycles. The van der Waals surface area contributed by atoms with Crippen LogP contribution in [0.3, 0.4) is 0 Å². The lowest BCUT2D eigenvalue weighted by atomic mass is 9.99. The van der Waals surface area contributed by atoms with Crippen molar-refractivity contribution >= 4 is 11.8 Å². The number of aliphatic hydroxyl groups excluding tert-OH is 3. The molecule has 0 radical (unpaired) electrons. The average Bonchev–Trinajstić information content (AvgIpc) is 2.55. The minimum Gasteiger partial charge on any atom is -0.479 e. The molecule has 8 heteroatoms. The first-order valence-electron chi connectivity index (χ1n) is 8.22. The topological polar surface area (TPSA) is 134 Å². The molecule has 1 aliphatic rings. The minimum atomic E-state index is -2.70. The molecule has 0 aliphatic carbocycles. The predicted molar refractivity (Wildman–Crippen MR) is 75.8 cm³/mol. The second-order valence-electron chi connectivity index (χ2n) is 5.10. The number of aliphatic carboxylic acids is 1. The second kappa shape index (κ2) is 7.05. The van der Waals surface area contributed by atoms with Crippen LogP contribution >= 0.6 is 0 Å². The van der Waals surface area contributed by atoms with Crippen LogP contribution in [-0.2, 0) is 20.7 Å². The number of carboxylic acid groups (broad SMARTS) is 1. The van der Waals surface area contributed by atoms with Gasteiger partial charge in [0.05, 0.1) is 0 Å². The third-order valence-corrected chi connectivity index (χ3v) is 3.35. The van der Waals surface area contributed by atoms with Gasteiger partial charge in [0.2, 0.25) is 6.29 Å². The summed E-state index contributed by atoms with van der Waals surface area (Å²) >= 11 is 0. The Hall–Kier alpha value is -2.00. The first-order chi connectivity index (χ1) is 12.0. The molecule has 1 heterocycles. The zero-order valence-electron chi connectivity index (χ0n) is 14.8. The predicted octanol–water partition coefficient (Wildman–Crippen LogP) is -0.911. The third kappa shape index (κ3) is 4.05. The van der Waals surface area contributed by atoms with E-state index in [1.807, 2.05) is 0 Å². The third-order valence-electron chi connectivity index (χ3n) is 3.35. The molecule has 5 atom stereocenters. The Bertz CT molecular complexity index is 660. The molecule has 2 rings (SSSR count). The molecule has 0 saturated carbocycles. The van der Waals surface area contributed by atoms with Gasteiger partial charge in [-0.05, 0) is 24.5 Å². The number of ether oxygens (including phenoxy) is 2. The first-order valence-corrected chi connectivity index (χ1v) is 6.72. The van der Waals surface area contributed by atoms with Crippen molar-refractivity contribution in [2.45, 2.75) is 44.0 Å². The number of carbonyl (C=O) groups excluding carboxylic acids is 1. The van der Waals surface area contributed by atoms with E-state index in [0.717, 1.165) is 0 Å².